The third-order valence-electron chi connectivity index (χ3n) is 2.18. The van der Waals surface area contributed by atoms with Crippen molar-refractivity contribution in [3.63, 3.8) is 0 Å². The molecule has 0 saturated carbocycles. The van der Waals surface area contributed by atoms with E-state index >= 15 is 0 Å². The Kier molecular flexibility index (Phi) is 4.46. The molecule has 0 saturated heterocycles. The highest BCUT2D eigenvalue weighted by Gasteiger charge is 1.97. The molecular weight excluding hydrogens is 226 g/mol. The highest BCUT2D eigenvalue weighted by molar-refractivity contribution is 9.10. The highest BCUT2D eigenvalue weighted by Crippen LogP contribution is 2.10. The lowest BCUT2D eigenvalue weighted by molar-refractivity contribution is 0.534. The zero-order valence-corrected chi connectivity index (χ0v) is 9.76. The molecule has 0 bridgehead atoms. The van der Waals surface area contributed by atoms with Gasteiger partial charge in [0, 0.05) is 17.1 Å². The van der Waals surface area contributed by atoms with Gasteiger partial charge in [0.25, 0.3) is 0 Å². The van der Waals surface area contributed by atoms with Gasteiger partial charge in [-0.05, 0) is 31.0 Å². The van der Waals surface area contributed by atoms with E-state index in [4.69, 9.17) is 0 Å². The first-order chi connectivity index (χ1) is 6.22. The molecule has 1 N–H and O–H groups in total. The molecule has 0 amide bonds. The van der Waals surface area contributed by atoms with Crippen molar-refractivity contribution < 1.29 is 0 Å². The molecule has 1 aromatic rings. The molecule has 72 valence electrons. The zero-order valence-electron chi connectivity index (χ0n) is 8.18. The van der Waals surface area contributed by atoms with Gasteiger partial charge < -0.3 is 5.32 Å². The van der Waals surface area contributed by atoms with Crippen LogP contribution in [-0.2, 0) is 6.54 Å². The van der Waals surface area contributed by atoms with Gasteiger partial charge in [0.15, 0.2) is 0 Å². The second-order valence-corrected chi connectivity index (χ2v) is 4.23. The summed E-state index contributed by atoms with van der Waals surface area (Å²) in [6, 6.07) is 9.03. The molecule has 0 unspecified atom stereocenters. The molecule has 1 aromatic carbocycles. The maximum Gasteiger partial charge on any atom is 0.0207 e. The smallest absolute Gasteiger partial charge is 0.0207 e. The first-order valence-electron chi connectivity index (χ1n) is 4.70. The number of rotatable bonds is 4. The Labute approximate surface area is 88.7 Å². The van der Waals surface area contributed by atoms with E-state index in [0.717, 1.165) is 11.0 Å². The van der Waals surface area contributed by atoms with Gasteiger partial charge in [0.2, 0.25) is 0 Å². The van der Waals surface area contributed by atoms with E-state index in [-0.39, 0.29) is 0 Å². The van der Waals surface area contributed by atoms with E-state index < -0.39 is 0 Å². The predicted molar refractivity (Wildman–Crippen MR) is 60.7 cm³/mol. The topological polar surface area (TPSA) is 12.0 Å². The molecule has 1 nitrogen and oxygen atoms in total. The average Bonchev–Trinajstić information content (AvgIpc) is 2.16. The van der Waals surface area contributed by atoms with Gasteiger partial charge in [0.1, 0.15) is 0 Å². The van der Waals surface area contributed by atoms with Gasteiger partial charge in [-0.3, -0.25) is 0 Å². The maximum atomic E-state index is 3.45. The molecule has 0 aliphatic rings. The average molecular weight is 242 g/mol. The molecule has 0 aromatic heterocycles. The Hall–Kier alpha value is -0.340. The summed E-state index contributed by atoms with van der Waals surface area (Å²) >= 11 is 3.42. The molecule has 1 rings (SSSR count). The van der Waals surface area contributed by atoms with Gasteiger partial charge in [-0.15, -0.1) is 0 Å². The third-order valence-corrected chi connectivity index (χ3v) is 2.71. The molecule has 2 heteroatoms. The number of benzene rings is 1. The summed E-state index contributed by atoms with van der Waals surface area (Å²) in [6.45, 7) is 5.36. The highest BCUT2D eigenvalue weighted by atomic mass is 79.9. The molecule has 0 heterocycles. The summed E-state index contributed by atoms with van der Waals surface area (Å²) in [5.41, 5.74) is 1.34. The van der Waals surface area contributed by atoms with Crippen LogP contribution in [0.5, 0.6) is 0 Å². The standard InChI is InChI=1S/C11H16BrN/c1-3-9(2)13-8-10-4-6-11(12)7-5-10/h4-7,9,13H,3,8H2,1-2H3/t9-/m1/s1. The lowest BCUT2D eigenvalue weighted by Gasteiger charge is -2.10. The van der Waals surface area contributed by atoms with Crippen molar-refractivity contribution in [2.75, 3.05) is 0 Å². The van der Waals surface area contributed by atoms with E-state index in [9.17, 15) is 0 Å². The van der Waals surface area contributed by atoms with Crippen molar-refractivity contribution in [2.24, 2.45) is 0 Å². The molecule has 0 spiro atoms. The van der Waals surface area contributed by atoms with Crippen molar-refractivity contribution in [3.05, 3.63) is 34.3 Å². The van der Waals surface area contributed by atoms with E-state index in [1.807, 2.05) is 0 Å². The van der Waals surface area contributed by atoms with Crippen LogP contribution >= 0.6 is 15.9 Å². The van der Waals surface area contributed by atoms with Crippen molar-refractivity contribution in [2.45, 2.75) is 32.9 Å². The minimum atomic E-state index is 0.601. The van der Waals surface area contributed by atoms with Crippen LogP contribution in [0.1, 0.15) is 25.8 Å². The van der Waals surface area contributed by atoms with Crippen molar-refractivity contribution in [1.82, 2.24) is 5.32 Å². The fourth-order valence-corrected chi connectivity index (χ4v) is 1.30. The van der Waals surface area contributed by atoms with Crippen LogP contribution in [0.2, 0.25) is 0 Å². The van der Waals surface area contributed by atoms with Gasteiger partial charge >= 0.3 is 0 Å². The van der Waals surface area contributed by atoms with Crippen LogP contribution in [-0.4, -0.2) is 6.04 Å². The summed E-state index contributed by atoms with van der Waals surface area (Å²) in [7, 11) is 0. The van der Waals surface area contributed by atoms with Crippen molar-refractivity contribution in [1.29, 1.82) is 0 Å². The number of hydrogen-bond donors (Lipinski definition) is 1. The maximum absolute atomic E-state index is 3.45. The zero-order chi connectivity index (χ0) is 9.68. The SMILES string of the molecule is CC[C@@H](C)NCc1ccc(Br)cc1. The quantitative estimate of drug-likeness (QED) is 0.853. The molecule has 1 atom stereocenters. The first-order valence-corrected chi connectivity index (χ1v) is 5.49. The van der Waals surface area contributed by atoms with Gasteiger partial charge in [-0.2, -0.15) is 0 Å². The van der Waals surface area contributed by atoms with E-state index in [0.29, 0.717) is 6.04 Å². The van der Waals surface area contributed by atoms with E-state index in [2.05, 4.69) is 59.4 Å². The Bertz CT molecular complexity index is 243. The number of hydrogen-bond acceptors (Lipinski definition) is 1. The van der Waals surface area contributed by atoms with Crippen LogP contribution in [0.4, 0.5) is 0 Å². The molecule has 13 heavy (non-hydrogen) atoms. The van der Waals surface area contributed by atoms with Crippen LogP contribution in [0.3, 0.4) is 0 Å². The number of nitrogens with one attached hydrogen (secondary N) is 1. The lowest BCUT2D eigenvalue weighted by Crippen LogP contribution is -2.24. The minimum absolute atomic E-state index is 0.601. The third kappa shape index (κ3) is 3.92. The molecular formula is C11H16BrN. The number of halogens is 1. The van der Waals surface area contributed by atoms with Crippen molar-refractivity contribution in [3.8, 4) is 0 Å². The summed E-state index contributed by atoms with van der Waals surface area (Å²) in [5.74, 6) is 0. The van der Waals surface area contributed by atoms with Gasteiger partial charge in [-0.25, -0.2) is 0 Å². The Morgan fingerprint density at radius 3 is 2.46 bits per heavy atom. The summed E-state index contributed by atoms with van der Waals surface area (Å²) in [6.07, 6.45) is 1.18. The van der Waals surface area contributed by atoms with E-state index in [1.54, 1.807) is 0 Å². The second-order valence-electron chi connectivity index (χ2n) is 3.32. The first kappa shape index (κ1) is 10.7. The van der Waals surface area contributed by atoms with Crippen LogP contribution in [0.15, 0.2) is 28.7 Å². The Morgan fingerprint density at radius 2 is 1.92 bits per heavy atom. The predicted octanol–water partition coefficient (Wildman–Crippen LogP) is 3.34. The lowest BCUT2D eigenvalue weighted by atomic mass is 10.2. The van der Waals surface area contributed by atoms with Gasteiger partial charge in [0.05, 0.1) is 0 Å². The molecule has 0 radical (unpaired) electrons. The molecule has 0 fully saturated rings. The Balaban J connectivity index is 2.41. The van der Waals surface area contributed by atoms with Crippen LogP contribution in [0, 0.1) is 0 Å². The monoisotopic (exact) mass is 241 g/mol. The second kappa shape index (κ2) is 5.40. The minimum Gasteiger partial charge on any atom is -0.310 e. The van der Waals surface area contributed by atoms with Crippen LogP contribution < -0.4 is 5.32 Å². The van der Waals surface area contributed by atoms with Gasteiger partial charge in [-0.1, -0.05) is 35.0 Å². The largest absolute Gasteiger partial charge is 0.310 e. The normalized spacial score (nSPS) is 12.8. The fourth-order valence-electron chi connectivity index (χ4n) is 1.04. The summed E-state index contributed by atoms with van der Waals surface area (Å²) in [5, 5.41) is 3.45. The summed E-state index contributed by atoms with van der Waals surface area (Å²) in [4.78, 5) is 0. The fraction of sp³-hybridized carbons (Fsp3) is 0.455. The van der Waals surface area contributed by atoms with Crippen LogP contribution in [0.25, 0.3) is 0 Å². The van der Waals surface area contributed by atoms with Crippen molar-refractivity contribution >= 4 is 15.9 Å². The molecule has 0 aliphatic carbocycles. The summed E-state index contributed by atoms with van der Waals surface area (Å²) < 4.78 is 1.14. The van der Waals surface area contributed by atoms with E-state index in [1.165, 1.54) is 12.0 Å². The Morgan fingerprint density at radius 1 is 1.31 bits per heavy atom. The molecule has 0 aliphatic heterocycles.